The van der Waals surface area contributed by atoms with E-state index >= 15 is 0 Å². The van der Waals surface area contributed by atoms with Crippen LogP contribution in [-0.4, -0.2) is 41.2 Å². The molecule has 3 aromatic carbocycles. The number of ether oxygens (including phenoxy) is 5. The third-order valence-corrected chi connectivity index (χ3v) is 7.60. The molecule has 0 amide bonds. The zero-order valence-corrected chi connectivity index (χ0v) is 25.0. The molecule has 0 N–H and O–H groups in total. The molecule has 0 spiro atoms. The Morgan fingerprint density at radius 1 is 0.723 bits per heavy atom. The van der Waals surface area contributed by atoms with Crippen molar-refractivity contribution >= 4 is 23.1 Å². The summed E-state index contributed by atoms with van der Waals surface area (Å²) >= 11 is 0. The summed E-state index contributed by atoms with van der Waals surface area (Å²) in [6, 6.07) is 18.7. The fraction of sp³-hybridized carbons (Fsp3) is 0.229. The molecule has 0 bridgehead atoms. The number of fused-ring (bicyclic) bond motifs is 2. The lowest BCUT2D eigenvalue weighted by Gasteiger charge is -2.12. The van der Waals surface area contributed by atoms with E-state index in [4.69, 9.17) is 14.2 Å². The zero-order chi connectivity index (χ0) is 33.1. The van der Waals surface area contributed by atoms with Crippen molar-refractivity contribution in [2.75, 3.05) is 6.79 Å². The van der Waals surface area contributed by atoms with Crippen LogP contribution in [0.1, 0.15) is 78.4 Å². The molecule has 10 nitrogen and oxygen atoms in total. The molecule has 6 rings (SSSR count). The highest BCUT2D eigenvalue weighted by atomic mass is 19.3. The summed E-state index contributed by atoms with van der Waals surface area (Å²) in [6.45, 7) is 1.77. The topological polar surface area (TPSA) is 127 Å². The maximum absolute atomic E-state index is 13.3. The molecule has 0 aliphatic carbocycles. The van der Waals surface area contributed by atoms with Crippen molar-refractivity contribution in [2.45, 2.75) is 45.5 Å². The normalized spacial score (nSPS) is 13.7. The predicted octanol–water partition coefficient (Wildman–Crippen LogP) is 6.71. The number of carbonyl (C=O) groups excluding carboxylic acids is 4. The van der Waals surface area contributed by atoms with Crippen molar-refractivity contribution in [3.8, 4) is 28.9 Å². The molecule has 240 valence electrons. The van der Waals surface area contributed by atoms with Crippen LogP contribution in [0.25, 0.3) is 0 Å². The number of hydrogen-bond donors (Lipinski definition) is 0. The number of carbonyl (C=O) groups is 4. The van der Waals surface area contributed by atoms with E-state index in [0.29, 0.717) is 33.8 Å². The first-order chi connectivity index (χ1) is 22.6. The van der Waals surface area contributed by atoms with Gasteiger partial charge in [-0.2, -0.15) is 0 Å². The van der Waals surface area contributed by atoms with Gasteiger partial charge in [-0.3, -0.25) is 19.2 Å². The summed E-state index contributed by atoms with van der Waals surface area (Å²) in [4.78, 5) is 55.9. The van der Waals surface area contributed by atoms with Gasteiger partial charge in [0.15, 0.2) is 46.1 Å². The zero-order valence-electron chi connectivity index (χ0n) is 25.0. The van der Waals surface area contributed by atoms with E-state index in [1.807, 2.05) is 0 Å². The molecule has 0 saturated carbocycles. The number of benzene rings is 3. The van der Waals surface area contributed by atoms with Crippen molar-refractivity contribution < 1.29 is 51.6 Å². The van der Waals surface area contributed by atoms with Gasteiger partial charge in [0.25, 0.3) is 0 Å². The first-order valence-corrected chi connectivity index (χ1v) is 14.7. The predicted molar refractivity (Wildman–Crippen MR) is 161 cm³/mol. The van der Waals surface area contributed by atoms with Crippen LogP contribution < -0.4 is 23.7 Å². The van der Waals surface area contributed by atoms with Crippen LogP contribution in [0.2, 0.25) is 0 Å². The average molecular weight is 644 g/mol. The highest BCUT2D eigenvalue weighted by Gasteiger charge is 2.43. The fourth-order valence-corrected chi connectivity index (χ4v) is 5.13. The molecule has 47 heavy (non-hydrogen) atoms. The summed E-state index contributed by atoms with van der Waals surface area (Å²) in [5.74, 6) is -0.516. The van der Waals surface area contributed by atoms with Gasteiger partial charge in [0, 0.05) is 54.0 Å². The molecular weight excluding hydrogens is 616 g/mol. The Kier molecular flexibility index (Phi) is 8.66. The monoisotopic (exact) mass is 643 g/mol. The Labute approximate surface area is 267 Å². The first-order valence-electron chi connectivity index (χ1n) is 14.7. The third kappa shape index (κ3) is 7.11. The van der Waals surface area contributed by atoms with Crippen LogP contribution in [0.4, 0.5) is 8.78 Å². The summed E-state index contributed by atoms with van der Waals surface area (Å²) in [7, 11) is 0. The van der Waals surface area contributed by atoms with E-state index in [2.05, 4.69) is 14.5 Å². The second-order valence-electron chi connectivity index (χ2n) is 10.9. The van der Waals surface area contributed by atoms with Gasteiger partial charge in [0.05, 0.1) is 0 Å². The number of aryl methyl sites for hydroxylation is 1. The van der Waals surface area contributed by atoms with Gasteiger partial charge in [-0.1, -0.05) is 30.3 Å². The van der Waals surface area contributed by atoms with Gasteiger partial charge in [-0.25, -0.2) is 4.98 Å². The maximum atomic E-state index is 13.3. The molecule has 4 aromatic rings. The van der Waals surface area contributed by atoms with Crippen molar-refractivity contribution in [1.82, 2.24) is 4.98 Å². The van der Waals surface area contributed by atoms with Crippen LogP contribution in [0.15, 0.2) is 72.8 Å². The standard InChI is InChI=1S/C35H27F2NO9/c1-20-6-15-33(38-34(20)28(42)12-10-26(40)22-8-14-30-32(17-22)47-35(36,37)46-30)43-18-23-4-2-3-5-24(23)27(41)11-9-25(39)21-7-13-29-31(16-21)45-19-44-29/h2-8,13-17H,9-12,18-19H2,1H3. The van der Waals surface area contributed by atoms with Crippen LogP contribution in [0.3, 0.4) is 0 Å². The number of alkyl halides is 2. The quantitative estimate of drug-likeness (QED) is 0.145. The second-order valence-corrected chi connectivity index (χ2v) is 10.9. The van der Waals surface area contributed by atoms with Crippen molar-refractivity contribution in [3.63, 3.8) is 0 Å². The number of ketones is 4. The number of aromatic nitrogens is 1. The fourth-order valence-electron chi connectivity index (χ4n) is 5.13. The first kappa shape index (κ1) is 31.3. The Bertz CT molecular complexity index is 1910. The number of hydrogen-bond acceptors (Lipinski definition) is 10. The van der Waals surface area contributed by atoms with Crippen molar-refractivity contribution in [2.24, 2.45) is 0 Å². The molecule has 2 aliphatic rings. The molecule has 2 aliphatic heterocycles. The summed E-state index contributed by atoms with van der Waals surface area (Å²) in [5.41, 5.74) is 2.20. The lowest BCUT2D eigenvalue weighted by molar-refractivity contribution is -0.286. The van der Waals surface area contributed by atoms with Gasteiger partial charge in [0.2, 0.25) is 12.7 Å². The van der Waals surface area contributed by atoms with Crippen molar-refractivity contribution in [3.05, 3.63) is 106 Å². The van der Waals surface area contributed by atoms with Gasteiger partial charge < -0.3 is 23.7 Å². The van der Waals surface area contributed by atoms with Crippen LogP contribution >= 0.6 is 0 Å². The molecular formula is C35H27F2NO9. The number of pyridine rings is 1. The maximum Gasteiger partial charge on any atom is 0.586 e. The number of Topliss-reactive ketones (excluding diaryl/α,β-unsaturated/α-hetero) is 4. The lowest BCUT2D eigenvalue weighted by atomic mass is 9.98. The minimum atomic E-state index is -3.80. The summed E-state index contributed by atoms with van der Waals surface area (Å²) < 4.78 is 51.8. The smallest absolute Gasteiger partial charge is 0.473 e. The Morgan fingerprint density at radius 2 is 1.34 bits per heavy atom. The summed E-state index contributed by atoms with van der Waals surface area (Å²) in [5, 5.41) is 0. The van der Waals surface area contributed by atoms with Crippen molar-refractivity contribution in [1.29, 1.82) is 0 Å². The van der Waals surface area contributed by atoms with Gasteiger partial charge in [0.1, 0.15) is 12.3 Å². The van der Waals surface area contributed by atoms with E-state index in [-0.39, 0.29) is 79.3 Å². The molecule has 0 unspecified atom stereocenters. The highest BCUT2D eigenvalue weighted by Crippen LogP contribution is 2.41. The largest absolute Gasteiger partial charge is 0.586 e. The molecule has 0 fully saturated rings. The third-order valence-electron chi connectivity index (χ3n) is 7.60. The van der Waals surface area contributed by atoms with Crippen LogP contribution in [0, 0.1) is 6.92 Å². The minimum Gasteiger partial charge on any atom is -0.473 e. The summed E-state index contributed by atoms with van der Waals surface area (Å²) in [6.07, 6.45) is -4.17. The molecule has 0 atom stereocenters. The molecule has 0 radical (unpaired) electrons. The van der Waals surface area contributed by atoms with Crippen LogP contribution in [0.5, 0.6) is 28.9 Å². The van der Waals surface area contributed by atoms with E-state index < -0.39 is 17.9 Å². The van der Waals surface area contributed by atoms with E-state index in [1.165, 1.54) is 12.1 Å². The molecule has 12 heteroatoms. The molecule has 1 aromatic heterocycles. The molecule has 0 saturated heterocycles. The van der Waals surface area contributed by atoms with Crippen LogP contribution in [-0.2, 0) is 6.61 Å². The Balaban J connectivity index is 1.05. The second kappa shape index (κ2) is 13.0. The minimum absolute atomic E-state index is 0.00572. The van der Waals surface area contributed by atoms with Gasteiger partial charge in [-0.05, 0) is 48.9 Å². The number of rotatable bonds is 13. The average Bonchev–Trinajstić information content (AvgIpc) is 3.67. The highest BCUT2D eigenvalue weighted by molar-refractivity contribution is 6.03. The van der Waals surface area contributed by atoms with Gasteiger partial charge in [-0.15, -0.1) is 8.78 Å². The molecule has 3 heterocycles. The Morgan fingerprint density at radius 3 is 2.11 bits per heavy atom. The van der Waals surface area contributed by atoms with E-state index in [9.17, 15) is 28.0 Å². The SMILES string of the molecule is Cc1ccc(OCc2ccccc2C(=O)CCC(=O)c2ccc3c(c2)OCO3)nc1C(=O)CCC(=O)c1ccc2c(c1)OC(F)(F)O2. The van der Waals surface area contributed by atoms with E-state index in [0.717, 1.165) is 6.07 Å². The number of nitrogens with zero attached hydrogens (tertiary/aromatic N) is 1. The van der Waals surface area contributed by atoms with Gasteiger partial charge >= 0.3 is 6.29 Å². The lowest BCUT2D eigenvalue weighted by Crippen LogP contribution is -2.25. The number of halogens is 2. The van der Waals surface area contributed by atoms with E-state index in [1.54, 1.807) is 61.5 Å². The Hall–Kier alpha value is -5.65.